The molecular weight excluding hydrogens is 1450 g/mol. The van der Waals surface area contributed by atoms with Gasteiger partial charge in [0.1, 0.15) is 0 Å². The minimum absolute atomic E-state index is 0. The van der Waals surface area contributed by atoms with Gasteiger partial charge in [-0.05, 0) is 71.1 Å². The molecule has 0 saturated heterocycles. The number of aliphatic carboxylic acids is 2. The summed E-state index contributed by atoms with van der Waals surface area (Å²) in [6, 6.07) is 13.2. The Morgan fingerprint density at radius 2 is 0.768 bits per heavy atom. The molecule has 0 heterocycles. The van der Waals surface area contributed by atoms with E-state index in [1.807, 2.05) is 0 Å². The quantitative estimate of drug-likeness (QED) is 0.0665. The van der Waals surface area contributed by atoms with Gasteiger partial charge in [0.05, 0.1) is 24.9 Å². The molecule has 0 atom stereocenters. The number of alkyl halides is 6. The number of aliphatic hydroxyl groups is 2. The van der Waals surface area contributed by atoms with Crippen LogP contribution < -0.4 is 30.6 Å². The van der Waals surface area contributed by atoms with Gasteiger partial charge in [0.15, 0.2) is 35.0 Å². The fourth-order valence-corrected chi connectivity index (χ4v) is 6.30. The van der Waals surface area contributed by atoms with Gasteiger partial charge in [-0.2, -0.15) is 0 Å². The average Bonchev–Trinajstić information content (AvgIpc) is 3.23. The molecule has 0 aromatic heterocycles. The second kappa shape index (κ2) is 48.5. The second-order valence-electron chi connectivity index (χ2n) is 10.4. The maximum Gasteiger partial charge on any atom is 2.00 e. The van der Waals surface area contributed by atoms with Crippen molar-refractivity contribution < 1.29 is 120 Å². The van der Waals surface area contributed by atoms with Crippen LogP contribution in [0.3, 0.4) is 0 Å². The van der Waals surface area contributed by atoms with Gasteiger partial charge in [-0.15, -0.1) is 11.5 Å². The summed E-state index contributed by atoms with van der Waals surface area (Å²) >= 11 is 41.8. The number of rotatable bonds is 14. The van der Waals surface area contributed by atoms with E-state index in [-0.39, 0.29) is 99.4 Å². The van der Waals surface area contributed by atoms with Crippen molar-refractivity contribution in [1.29, 1.82) is 0 Å². The van der Waals surface area contributed by atoms with E-state index in [9.17, 15) is 20.4 Å². The summed E-state index contributed by atoms with van der Waals surface area (Å²) in [4.78, 5) is 38.3. The van der Waals surface area contributed by atoms with Gasteiger partial charge < -0.3 is 69.8 Å². The van der Waals surface area contributed by atoms with E-state index >= 15 is 0 Å². The van der Waals surface area contributed by atoms with E-state index in [0.29, 0.717) is 39.8 Å². The number of hydrogen-bond acceptors (Lipinski definition) is 18. The van der Waals surface area contributed by atoms with E-state index in [1.165, 1.54) is 12.4 Å². The molecule has 0 aliphatic heterocycles. The minimum atomic E-state index is -1.08. The molecule has 0 unspecified atom stereocenters. The van der Waals surface area contributed by atoms with Gasteiger partial charge in [0.25, 0.3) is 0 Å². The third kappa shape index (κ3) is 39.5. The summed E-state index contributed by atoms with van der Waals surface area (Å²) in [6.45, 7) is 1.92. The number of halogens is 10. The van der Waals surface area contributed by atoms with E-state index in [2.05, 4.69) is 84.3 Å². The second-order valence-corrected chi connectivity index (χ2v) is 17.9. The van der Waals surface area contributed by atoms with Gasteiger partial charge >= 0.3 is 50.3 Å². The van der Waals surface area contributed by atoms with Crippen LogP contribution in [0.1, 0.15) is 36.1 Å². The van der Waals surface area contributed by atoms with Crippen LogP contribution >= 0.6 is 133 Å². The van der Waals surface area contributed by atoms with Crippen molar-refractivity contribution in [1.82, 2.24) is 0 Å². The number of carboxylic acid groups (broad SMARTS) is 2. The molecule has 4 aromatic carbocycles. The Morgan fingerprint density at radius 1 is 0.536 bits per heavy atom. The molecule has 69 heavy (non-hydrogen) atoms. The van der Waals surface area contributed by atoms with E-state index in [4.69, 9.17) is 119 Å². The van der Waals surface area contributed by atoms with Crippen molar-refractivity contribution in [3.05, 3.63) is 88.7 Å². The smallest absolute Gasteiger partial charge is 0.872 e. The Morgan fingerprint density at radius 3 is 1.01 bits per heavy atom. The molecule has 18 nitrogen and oxygen atoms in total. The monoisotopic (exact) mass is 1470 g/mol. The van der Waals surface area contributed by atoms with Crippen molar-refractivity contribution in [3.8, 4) is 23.0 Å². The molecule has 31 heteroatoms. The van der Waals surface area contributed by atoms with Crippen LogP contribution in [0.4, 0.5) is 0 Å². The summed E-state index contributed by atoms with van der Waals surface area (Å²) in [5.74, 6) is -4.23. The predicted octanol–water partition coefficient (Wildman–Crippen LogP) is 5.68. The zero-order valence-electron chi connectivity index (χ0n) is 35.3. The summed E-state index contributed by atoms with van der Waals surface area (Å²) in [5, 5.41) is 97.7. The van der Waals surface area contributed by atoms with Crippen molar-refractivity contribution in [2.45, 2.75) is 22.4 Å². The van der Waals surface area contributed by atoms with E-state index in [1.54, 1.807) is 48.5 Å². The normalized spacial score (nSPS) is 9.83. The molecular formula is C38H36Br4Cl6Co3N4O14. The van der Waals surface area contributed by atoms with Crippen molar-refractivity contribution >= 4 is 181 Å². The number of aliphatic hydroxyl groups excluding tert-OH is 2. The fourth-order valence-electron chi connectivity index (χ4n) is 3.78. The number of oxime groups is 4. The molecule has 0 amide bonds. The first kappa shape index (κ1) is 78.7. The molecule has 0 saturated carbocycles. The number of benzene rings is 4. The van der Waals surface area contributed by atoms with Gasteiger partial charge in [-0.25, -0.2) is 0 Å². The Labute approximate surface area is 491 Å². The van der Waals surface area contributed by atoms with Crippen molar-refractivity contribution in [2.24, 2.45) is 20.6 Å². The van der Waals surface area contributed by atoms with Crippen LogP contribution in [0, 0.1) is 0 Å². The molecule has 0 aliphatic rings. The summed E-state index contributed by atoms with van der Waals surface area (Å²) in [7, 11) is 2.00. The largest absolute Gasteiger partial charge is 2.00 e. The maximum atomic E-state index is 12.9. The molecule has 4 rings (SSSR count). The minimum Gasteiger partial charge on any atom is -0.872 e. The first-order valence-electron chi connectivity index (χ1n) is 17.1. The van der Waals surface area contributed by atoms with E-state index < -0.39 is 32.0 Å². The fraction of sp³-hybridized carbons (Fsp3) is 0.263. The van der Waals surface area contributed by atoms with E-state index in [0.717, 1.165) is 40.5 Å². The predicted molar refractivity (Wildman–Crippen MR) is 260 cm³/mol. The molecule has 4 aromatic rings. The third-order valence-corrected chi connectivity index (χ3v) is 7.95. The zero-order valence-corrected chi connectivity index (χ0v) is 49.3. The zero-order chi connectivity index (χ0) is 51.4. The third-order valence-electron chi connectivity index (χ3n) is 5.85. The SMILES string of the molecule is CC(=O)[O-].CC(=O)[O-].CO.CO.ClC(Cl)Cl.ClC(Cl)Cl.[Co+2].[Co+2].[Co+2].[O-]c1c(Br)cc(Br)cc1/C=N/OCCO/N=C/c1c([O-])c([O-])c(/C=N/OCCO/N=C/c2cc(Br)cc(Br)c2[O-])c2ccccc12. The van der Waals surface area contributed by atoms with Crippen LogP contribution in [-0.4, -0.2) is 96.2 Å². The molecule has 3 radical (unpaired) electrons. The van der Waals surface area contributed by atoms with Crippen LogP contribution in [-0.2, 0) is 79.3 Å². The first-order chi connectivity index (χ1) is 31.1. The molecule has 389 valence electrons. The van der Waals surface area contributed by atoms with Crippen LogP contribution in [0.2, 0.25) is 0 Å². The topological polar surface area (TPSA) is 299 Å². The van der Waals surface area contributed by atoms with Crippen molar-refractivity contribution in [3.63, 3.8) is 0 Å². The Kier molecular flexibility index (Phi) is 55.3. The van der Waals surface area contributed by atoms with Crippen molar-refractivity contribution in [2.75, 3.05) is 40.6 Å². The number of fused-ring (bicyclic) bond motifs is 1. The van der Waals surface area contributed by atoms with Gasteiger partial charge in [0.2, 0.25) is 0 Å². The Balaban J connectivity index is -0.000000369. The Bertz CT molecular complexity index is 2020. The van der Waals surface area contributed by atoms with Crippen LogP contribution in [0.15, 0.2) is 87.0 Å². The number of nitrogens with zero attached hydrogens (tertiary/aromatic N) is 4. The van der Waals surface area contributed by atoms with Gasteiger partial charge in [-0.3, -0.25) is 0 Å². The first-order valence-corrected chi connectivity index (χ1v) is 22.8. The average molecular weight is 1480 g/mol. The molecule has 2 N–H and O–H groups in total. The number of carbonyl (C=O) groups excluding carboxylic acids is 2. The number of carbonyl (C=O) groups is 2. The summed E-state index contributed by atoms with van der Waals surface area (Å²) in [6.07, 6.45) is 4.88. The summed E-state index contributed by atoms with van der Waals surface area (Å²) < 4.78 is 0.680. The summed E-state index contributed by atoms with van der Waals surface area (Å²) in [5.41, 5.74) is 0.742. The molecule has 0 aliphatic carbocycles. The van der Waals surface area contributed by atoms with Crippen LogP contribution in [0.25, 0.3) is 10.8 Å². The van der Waals surface area contributed by atoms with Crippen LogP contribution in [0.5, 0.6) is 23.0 Å². The molecule has 0 bridgehead atoms. The number of hydrogen-bond donors (Lipinski definition) is 2. The maximum absolute atomic E-state index is 12.9. The Hall–Kier alpha value is -1.74. The number of carboxylic acids is 2. The van der Waals surface area contributed by atoms with Gasteiger partial charge in [0, 0.05) is 44.0 Å². The molecule has 0 spiro atoms. The standard InChI is InChI=1S/C30H24Br4N4O8.2C2H4O2.2CHCl3.2CH4O.3Co/c31-19-9-17(27(39)25(33)11-19)13-35-43-5-7-45-37-15-23-21-3-1-2-4-22(21)24(30(42)29(23)41)16-38-46-8-6-44-36-14-18-10-20(32)12-26(34)28(18)40;2*1-2(3)4;2*2-1(3)4;2*1-2;;;/h1-4,9-16,39-42H,5-8H2;2*1H3,(H,3,4);2*1H;2*2H,1H3;;;/q;;;;;;;3*+2/p-6/b35-13+,36-14+,37-15+,38-16+;;;;;;;;;. The molecule has 0 fully saturated rings. The van der Waals surface area contributed by atoms with Gasteiger partial charge in [-0.1, -0.05) is 190 Å².